The van der Waals surface area contributed by atoms with Crippen molar-refractivity contribution in [3.8, 4) is 22.8 Å². The minimum atomic E-state index is -0.0339. The molecule has 1 heterocycles. The Labute approximate surface area is 191 Å². The van der Waals surface area contributed by atoms with Crippen LogP contribution in [0.2, 0.25) is 5.02 Å². The van der Waals surface area contributed by atoms with Gasteiger partial charge in [0.15, 0.2) is 11.0 Å². The summed E-state index contributed by atoms with van der Waals surface area (Å²) in [5.74, 6) is 1.51. The lowest BCUT2D eigenvalue weighted by atomic mass is 10.2. The third-order valence-corrected chi connectivity index (χ3v) is 5.70. The van der Waals surface area contributed by atoms with E-state index < -0.39 is 0 Å². The summed E-state index contributed by atoms with van der Waals surface area (Å²) in [6.45, 7) is 8.34. The lowest BCUT2D eigenvalue weighted by Crippen LogP contribution is -2.32. The molecule has 0 radical (unpaired) electrons. The van der Waals surface area contributed by atoms with Crippen molar-refractivity contribution in [1.82, 2.24) is 19.7 Å². The molecule has 0 bridgehead atoms. The Hall–Kier alpha value is -3.03. The van der Waals surface area contributed by atoms with E-state index in [1.807, 2.05) is 53.1 Å². The molecule has 31 heavy (non-hydrogen) atoms. The molecule has 3 rings (SSSR count). The Bertz CT molecular complexity index is 1060. The number of thioether (sulfide) groups is 1. The molecule has 0 atom stereocenters. The van der Waals surface area contributed by atoms with E-state index in [1.54, 1.807) is 24.2 Å². The molecule has 0 aliphatic heterocycles. The smallest absolute Gasteiger partial charge is 0.233 e. The third-order valence-electron chi connectivity index (χ3n) is 4.46. The summed E-state index contributed by atoms with van der Waals surface area (Å²) in [6, 6.07) is 15.0. The standard InChI is InChI=1S/C23H23ClN4O2S/c1-4-14-27(15-5-2)21(29)16-31-23-26-25-22(19-8-6-7-9-20(19)24)28(23)17-10-12-18(30-3)13-11-17/h4-13H,1-2,14-16H2,3H3. The highest BCUT2D eigenvalue weighted by molar-refractivity contribution is 7.99. The van der Waals surface area contributed by atoms with Gasteiger partial charge in [0.25, 0.3) is 0 Å². The largest absolute Gasteiger partial charge is 0.497 e. The quantitative estimate of drug-likeness (QED) is 0.322. The van der Waals surface area contributed by atoms with Gasteiger partial charge in [-0.25, -0.2) is 0 Å². The van der Waals surface area contributed by atoms with Gasteiger partial charge in [-0.3, -0.25) is 9.36 Å². The first-order valence-electron chi connectivity index (χ1n) is 9.56. The summed E-state index contributed by atoms with van der Waals surface area (Å²) in [7, 11) is 1.62. The Morgan fingerprint density at radius 3 is 2.42 bits per heavy atom. The molecule has 0 N–H and O–H groups in total. The van der Waals surface area contributed by atoms with Crippen LogP contribution in [-0.4, -0.2) is 51.5 Å². The number of carbonyl (C=O) groups excluding carboxylic acids is 1. The summed E-state index contributed by atoms with van der Waals surface area (Å²) in [4.78, 5) is 14.3. The van der Waals surface area contributed by atoms with Crippen LogP contribution < -0.4 is 4.74 Å². The number of amides is 1. The van der Waals surface area contributed by atoms with Gasteiger partial charge in [-0.05, 0) is 36.4 Å². The highest BCUT2D eigenvalue weighted by atomic mass is 35.5. The predicted octanol–water partition coefficient (Wildman–Crippen LogP) is 4.89. The number of aromatic nitrogens is 3. The van der Waals surface area contributed by atoms with Crippen LogP contribution in [-0.2, 0) is 4.79 Å². The first kappa shape index (κ1) is 22.7. The van der Waals surface area contributed by atoms with Crippen molar-refractivity contribution in [3.63, 3.8) is 0 Å². The van der Waals surface area contributed by atoms with Gasteiger partial charge in [0.05, 0.1) is 17.9 Å². The average molecular weight is 455 g/mol. The van der Waals surface area contributed by atoms with Crippen molar-refractivity contribution < 1.29 is 9.53 Å². The highest BCUT2D eigenvalue weighted by Crippen LogP contribution is 2.32. The SMILES string of the molecule is C=CCN(CC=C)C(=O)CSc1nnc(-c2ccccc2Cl)n1-c1ccc(OC)cc1. The minimum Gasteiger partial charge on any atom is -0.497 e. The first-order chi connectivity index (χ1) is 15.1. The monoisotopic (exact) mass is 454 g/mol. The summed E-state index contributed by atoms with van der Waals surface area (Å²) in [5, 5.41) is 9.89. The van der Waals surface area contributed by atoms with Crippen molar-refractivity contribution >= 4 is 29.3 Å². The summed E-state index contributed by atoms with van der Waals surface area (Å²) in [5.41, 5.74) is 1.59. The van der Waals surface area contributed by atoms with E-state index in [2.05, 4.69) is 23.4 Å². The molecule has 0 spiro atoms. The van der Waals surface area contributed by atoms with Gasteiger partial charge < -0.3 is 9.64 Å². The van der Waals surface area contributed by atoms with E-state index in [9.17, 15) is 4.79 Å². The molecule has 0 unspecified atom stereocenters. The Morgan fingerprint density at radius 1 is 1.13 bits per heavy atom. The van der Waals surface area contributed by atoms with Gasteiger partial charge in [-0.2, -0.15) is 0 Å². The lowest BCUT2D eigenvalue weighted by molar-refractivity contribution is -0.127. The maximum Gasteiger partial charge on any atom is 0.233 e. The van der Waals surface area contributed by atoms with E-state index in [0.29, 0.717) is 29.1 Å². The number of hydrogen-bond acceptors (Lipinski definition) is 5. The van der Waals surface area contributed by atoms with Crippen LogP contribution in [0.4, 0.5) is 0 Å². The molecule has 0 fully saturated rings. The molecule has 0 aliphatic rings. The number of nitrogens with zero attached hydrogens (tertiary/aromatic N) is 4. The van der Waals surface area contributed by atoms with Crippen molar-refractivity contribution in [2.45, 2.75) is 5.16 Å². The van der Waals surface area contributed by atoms with Crippen LogP contribution in [0.25, 0.3) is 17.1 Å². The van der Waals surface area contributed by atoms with Crippen LogP contribution in [0.1, 0.15) is 0 Å². The molecular weight excluding hydrogens is 432 g/mol. The normalized spacial score (nSPS) is 10.5. The Kier molecular flexibility index (Phi) is 7.92. The summed E-state index contributed by atoms with van der Waals surface area (Å²) < 4.78 is 7.16. The molecule has 1 aromatic heterocycles. The summed E-state index contributed by atoms with van der Waals surface area (Å²) >= 11 is 7.74. The van der Waals surface area contributed by atoms with Gasteiger partial charge in [0.2, 0.25) is 5.91 Å². The fourth-order valence-corrected chi connectivity index (χ4v) is 4.03. The number of benzene rings is 2. The molecule has 0 saturated heterocycles. The van der Waals surface area contributed by atoms with Crippen LogP contribution in [0.5, 0.6) is 5.75 Å². The van der Waals surface area contributed by atoms with Gasteiger partial charge in [0.1, 0.15) is 5.75 Å². The molecule has 2 aromatic carbocycles. The summed E-state index contributed by atoms with van der Waals surface area (Å²) in [6.07, 6.45) is 3.39. The minimum absolute atomic E-state index is 0.0339. The highest BCUT2D eigenvalue weighted by Gasteiger charge is 2.20. The van der Waals surface area contributed by atoms with Crippen molar-refractivity contribution in [3.05, 3.63) is 78.9 Å². The first-order valence-corrected chi connectivity index (χ1v) is 10.9. The van der Waals surface area contributed by atoms with Crippen LogP contribution in [0.3, 0.4) is 0 Å². The van der Waals surface area contributed by atoms with E-state index >= 15 is 0 Å². The number of halogens is 1. The number of methoxy groups -OCH3 is 1. The molecule has 160 valence electrons. The van der Waals surface area contributed by atoms with E-state index in [4.69, 9.17) is 16.3 Å². The number of ether oxygens (including phenoxy) is 1. The van der Waals surface area contributed by atoms with Gasteiger partial charge in [-0.1, -0.05) is 47.6 Å². The molecular formula is C23H23ClN4O2S. The van der Waals surface area contributed by atoms with Crippen LogP contribution >= 0.6 is 23.4 Å². The van der Waals surface area contributed by atoms with E-state index in [0.717, 1.165) is 17.0 Å². The fourth-order valence-electron chi connectivity index (χ4n) is 2.95. The fraction of sp³-hybridized carbons (Fsp3) is 0.174. The molecule has 8 heteroatoms. The zero-order chi connectivity index (χ0) is 22.2. The molecule has 3 aromatic rings. The topological polar surface area (TPSA) is 60.2 Å². The third kappa shape index (κ3) is 5.37. The molecule has 1 amide bonds. The van der Waals surface area contributed by atoms with Gasteiger partial charge in [-0.15, -0.1) is 23.4 Å². The second-order valence-electron chi connectivity index (χ2n) is 6.48. The Balaban J connectivity index is 1.96. The number of rotatable bonds is 10. The van der Waals surface area contributed by atoms with Crippen LogP contribution in [0, 0.1) is 0 Å². The average Bonchev–Trinajstić information content (AvgIpc) is 3.21. The molecule has 0 saturated carbocycles. The second-order valence-corrected chi connectivity index (χ2v) is 7.83. The zero-order valence-electron chi connectivity index (χ0n) is 17.2. The van der Waals surface area contributed by atoms with Crippen molar-refractivity contribution in [2.24, 2.45) is 0 Å². The van der Waals surface area contributed by atoms with Crippen molar-refractivity contribution in [2.75, 3.05) is 26.0 Å². The molecule has 0 aliphatic carbocycles. The number of carbonyl (C=O) groups is 1. The van der Waals surface area contributed by atoms with E-state index in [1.165, 1.54) is 11.8 Å². The number of hydrogen-bond donors (Lipinski definition) is 0. The van der Waals surface area contributed by atoms with E-state index in [-0.39, 0.29) is 11.7 Å². The van der Waals surface area contributed by atoms with Crippen LogP contribution in [0.15, 0.2) is 79.0 Å². The van der Waals surface area contributed by atoms with Crippen molar-refractivity contribution in [1.29, 1.82) is 0 Å². The second kappa shape index (κ2) is 10.8. The predicted molar refractivity (Wildman–Crippen MR) is 126 cm³/mol. The molecule has 6 nitrogen and oxygen atoms in total. The zero-order valence-corrected chi connectivity index (χ0v) is 18.8. The maximum absolute atomic E-state index is 12.7. The van der Waals surface area contributed by atoms with Gasteiger partial charge >= 0.3 is 0 Å². The lowest BCUT2D eigenvalue weighted by Gasteiger charge is -2.19. The van der Waals surface area contributed by atoms with Gasteiger partial charge in [0, 0.05) is 24.3 Å². The maximum atomic E-state index is 12.7. The Morgan fingerprint density at radius 2 is 1.81 bits per heavy atom.